The summed E-state index contributed by atoms with van der Waals surface area (Å²) in [5, 5.41) is 2.87. The van der Waals surface area contributed by atoms with Crippen molar-refractivity contribution in [1.29, 1.82) is 0 Å². The van der Waals surface area contributed by atoms with Gasteiger partial charge in [0.15, 0.2) is 0 Å². The molecule has 2 aromatic rings. The van der Waals surface area contributed by atoms with Crippen LogP contribution in [0.15, 0.2) is 42.6 Å². The molecule has 0 aliphatic heterocycles. The third-order valence-electron chi connectivity index (χ3n) is 3.58. The molecule has 1 N–H and O–H groups in total. The van der Waals surface area contributed by atoms with Gasteiger partial charge in [0.05, 0.1) is 11.7 Å². The van der Waals surface area contributed by atoms with E-state index in [-0.39, 0.29) is 12.0 Å². The van der Waals surface area contributed by atoms with E-state index in [2.05, 4.69) is 29.0 Å². The summed E-state index contributed by atoms with van der Waals surface area (Å²) in [7, 11) is 0. The van der Waals surface area contributed by atoms with Crippen molar-refractivity contribution in [1.82, 2.24) is 4.98 Å². The average molecular weight is 327 g/mol. The first-order valence-electron chi connectivity index (χ1n) is 8.32. The van der Waals surface area contributed by atoms with Crippen molar-refractivity contribution >= 4 is 17.4 Å². The minimum atomic E-state index is -0.175. The molecule has 1 aromatic carbocycles. The number of amides is 1. The predicted octanol–water partition coefficient (Wildman–Crippen LogP) is 3.97. The van der Waals surface area contributed by atoms with Gasteiger partial charge in [0.1, 0.15) is 11.6 Å². The van der Waals surface area contributed by atoms with Crippen LogP contribution < -0.4 is 15.0 Å². The van der Waals surface area contributed by atoms with Crippen LogP contribution in [0.2, 0.25) is 0 Å². The lowest BCUT2D eigenvalue weighted by molar-refractivity contribution is 0.102. The Morgan fingerprint density at radius 2 is 1.79 bits per heavy atom. The summed E-state index contributed by atoms with van der Waals surface area (Å²) >= 11 is 0. The van der Waals surface area contributed by atoms with Crippen LogP contribution in [0.3, 0.4) is 0 Å². The molecule has 0 bridgehead atoms. The van der Waals surface area contributed by atoms with Crippen LogP contribution in [0.4, 0.5) is 11.5 Å². The average Bonchev–Trinajstić information content (AvgIpc) is 2.58. The van der Waals surface area contributed by atoms with Gasteiger partial charge in [-0.2, -0.15) is 0 Å². The number of hydrogen-bond acceptors (Lipinski definition) is 4. The molecule has 0 saturated carbocycles. The van der Waals surface area contributed by atoms with Crippen LogP contribution in [0.25, 0.3) is 0 Å². The van der Waals surface area contributed by atoms with E-state index < -0.39 is 0 Å². The maximum Gasteiger partial charge on any atom is 0.257 e. The molecule has 5 nitrogen and oxygen atoms in total. The first-order valence-corrected chi connectivity index (χ1v) is 8.32. The summed E-state index contributed by atoms with van der Waals surface area (Å²) in [6.07, 6.45) is 1.74. The Labute approximate surface area is 143 Å². The Balaban J connectivity index is 2.01. The second kappa shape index (κ2) is 8.34. The van der Waals surface area contributed by atoms with E-state index in [9.17, 15) is 4.79 Å². The Hall–Kier alpha value is -2.56. The zero-order valence-corrected chi connectivity index (χ0v) is 14.7. The van der Waals surface area contributed by atoms with Crippen molar-refractivity contribution in [2.45, 2.75) is 33.8 Å². The van der Waals surface area contributed by atoms with E-state index in [4.69, 9.17) is 4.74 Å². The molecule has 0 saturated heterocycles. The van der Waals surface area contributed by atoms with Gasteiger partial charge in [0.2, 0.25) is 0 Å². The Morgan fingerprint density at radius 3 is 2.29 bits per heavy atom. The van der Waals surface area contributed by atoms with Gasteiger partial charge in [-0.25, -0.2) is 4.98 Å². The number of nitrogens with zero attached hydrogens (tertiary/aromatic N) is 2. The molecule has 0 aliphatic rings. The van der Waals surface area contributed by atoms with Gasteiger partial charge in [-0.1, -0.05) is 0 Å². The molecule has 0 aliphatic carbocycles. The van der Waals surface area contributed by atoms with Crippen LogP contribution in [-0.2, 0) is 0 Å². The molecule has 2 rings (SSSR count). The maximum absolute atomic E-state index is 12.3. The summed E-state index contributed by atoms with van der Waals surface area (Å²) in [4.78, 5) is 18.8. The second-order valence-corrected chi connectivity index (χ2v) is 5.72. The standard InChI is InChI=1S/C19H25N3O2/c1-5-22(6-2)18-12-7-15(13-20-18)19(23)21-16-8-10-17(11-9-16)24-14(3)4/h7-14H,5-6H2,1-4H3,(H,21,23). The number of benzene rings is 1. The summed E-state index contributed by atoms with van der Waals surface area (Å²) in [6.45, 7) is 9.89. The van der Waals surface area contributed by atoms with E-state index >= 15 is 0 Å². The lowest BCUT2D eigenvalue weighted by Gasteiger charge is -2.19. The monoisotopic (exact) mass is 327 g/mol. The van der Waals surface area contributed by atoms with Gasteiger partial charge < -0.3 is 15.0 Å². The number of carbonyl (C=O) groups excluding carboxylic acids is 1. The van der Waals surface area contributed by atoms with E-state index in [1.807, 2.05) is 44.2 Å². The SMILES string of the molecule is CCN(CC)c1ccc(C(=O)Nc2ccc(OC(C)C)cc2)cn1. The van der Waals surface area contributed by atoms with Gasteiger partial charge in [0, 0.05) is 25.0 Å². The zero-order valence-electron chi connectivity index (χ0n) is 14.7. The molecule has 0 unspecified atom stereocenters. The minimum absolute atomic E-state index is 0.126. The minimum Gasteiger partial charge on any atom is -0.491 e. The number of ether oxygens (including phenoxy) is 1. The molecule has 0 radical (unpaired) electrons. The molecule has 0 fully saturated rings. The first kappa shape index (κ1) is 17.8. The predicted molar refractivity (Wildman–Crippen MR) is 98.0 cm³/mol. The van der Waals surface area contributed by atoms with Gasteiger partial charge in [-0.15, -0.1) is 0 Å². The largest absolute Gasteiger partial charge is 0.491 e. The third-order valence-corrected chi connectivity index (χ3v) is 3.58. The van der Waals surface area contributed by atoms with Gasteiger partial charge in [-0.3, -0.25) is 4.79 Å². The number of carbonyl (C=O) groups is 1. The Morgan fingerprint density at radius 1 is 1.12 bits per heavy atom. The van der Waals surface area contributed by atoms with Crippen LogP contribution in [0.1, 0.15) is 38.1 Å². The van der Waals surface area contributed by atoms with Crippen molar-refractivity contribution in [2.24, 2.45) is 0 Å². The van der Waals surface area contributed by atoms with Gasteiger partial charge in [-0.05, 0) is 64.1 Å². The van der Waals surface area contributed by atoms with E-state index in [0.717, 1.165) is 30.3 Å². The van der Waals surface area contributed by atoms with Crippen LogP contribution in [0, 0.1) is 0 Å². The number of rotatable bonds is 7. The molecule has 5 heteroatoms. The molecule has 1 heterocycles. The van der Waals surface area contributed by atoms with Crippen molar-refractivity contribution < 1.29 is 9.53 Å². The van der Waals surface area contributed by atoms with E-state index in [1.165, 1.54) is 0 Å². The fourth-order valence-electron chi connectivity index (χ4n) is 2.35. The fraction of sp³-hybridized carbons (Fsp3) is 0.368. The topological polar surface area (TPSA) is 54.5 Å². The normalized spacial score (nSPS) is 10.5. The highest BCUT2D eigenvalue weighted by Crippen LogP contribution is 2.18. The summed E-state index contributed by atoms with van der Waals surface area (Å²) in [5.41, 5.74) is 1.26. The molecule has 1 amide bonds. The first-order chi connectivity index (χ1) is 11.5. The van der Waals surface area contributed by atoms with Crippen molar-refractivity contribution in [2.75, 3.05) is 23.3 Å². The summed E-state index contributed by atoms with van der Waals surface area (Å²) < 4.78 is 5.59. The molecule has 0 atom stereocenters. The number of aromatic nitrogens is 1. The van der Waals surface area contributed by atoms with Crippen molar-refractivity contribution in [3.8, 4) is 5.75 Å². The maximum atomic E-state index is 12.3. The van der Waals surface area contributed by atoms with E-state index in [0.29, 0.717) is 5.56 Å². The fourth-order valence-corrected chi connectivity index (χ4v) is 2.35. The van der Waals surface area contributed by atoms with Crippen LogP contribution in [0.5, 0.6) is 5.75 Å². The molecule has 1 aromatic heterocycles. The molecule has 128 valence electrons. The summed E-state index contributed by atoms with van der Waals surface area (Å²) in [5.74, 6) is 1.49. The Bertz CT molecular complexity index is 647. The number of anilines is 2. The smallest absolute Gasteiger partial charge is 0.257 e. The molecular weight excluding hydrogens is 302 g/mol. The third kappa shape index (κ3) is 4.72. The lowest BCUT2D eigenvalue weighted by atomic mass is 10.2. The van der Waals surface area contributed by atoms with E-state index in [1.54, 1.807) is 12.3 Å². The van der Waals surface area contributed by atoms with Crippen molar-refractivity contribution in [3.05, 3.63) is 48.2 Å². The van der Waals surface area contributed by atoms with Crippen LogP contribution >= 0.6 is 0 Å². The highest BCUT2D eigenvalue weighted by atomic mass is 16.5. The molecular formula is C19H25N3O2. The zero-order chi connectivity index (χ0) is 17.5. The molecule has 0 spiro atoms. The number of pyridine rings is 1. The molecule has 24 heavy (non-hydrogen) atoms. The lowest BCUT2D eigenvalue weighted by Crippen LogP contribution is -2.23. The highest BCUT2D eigenvalue weighted by molar-refractivity contribution is 6.04. The highest BCUT2D eigenvalue weighted by Gasteiger charge is 2.09. The summed E-state index contributed by atoms with van der Waals surface area (Å²) in [6, 6.07) is 11.0. The number of nitrogens with one attached hydrogen (secondary N) is 1. The van der Waals surface area contributed by atoms with Crippen molar-refractivity contribution in [3.63, 3.8) is 0 Å². The van der Waals surface area contributed by atoms with Gasteiger partial charge in [0.25, 0.3) is 5.91 Å². The van der Waals surface area contributed by atoms with Gasteiger partial charge >= 0.3 is 0 Å². The van der Waals surface area contributed by atoms with Crippen LogP contribution in [-0.4, -0.2) is 30.1 Å². The quantitative estimate of drug-likeness (QED) is 0.836. The second-order valence-electron chi connectivity index (χ2n) is 5.72. The number of hydrogen-bond donors (Lipinski definition) is 1. The Kier molecular flexibility index (Phi) is 6.18.